The maximum atomic E-state index is 13.0. The zero-order chi connectivity index (χ0) is 28.1. The Labute approximate surface area is 232 Å². The number of imide groups is 1. The molecule has 2 fully saturated rings. The van der Waals surface area contributed by atoms with Gasteiger partial charge in [-0.25, -0.2) is 0 Å². The molecular weight excluding hydrogens is 492 g/mol. The van der Waals surface area contributed by atoms with Crippen molar-refractivity contribution in [2.75, 3.05) is 0 Å². The fourth-order valence-electron chi connectivity index (χ4n) is 5.51. The van der Waals surface area contributed by atoms with E-state index in [1.54, 1.807) is 20.0 Å². The summed E-state index contributed by atoms with van der Waals surface area (Å²) in [4.78, 5) is 53.3. The van der Waals surface area contributed by atoms with E-state index in [9.17, 15) is 19.2 Å². The van der Waals surface area contributed by atoms with Gasteiger partial charge < -0.3 is 19.3 Å². The molecule has 2 aromatic carbocycles. The molecule has 2 unspecified atom stereocenters. The summed E-state index contributed by atoms with van der Waals surface area (Å²) in [6.45, 7) is 1.04. The highest BCUT2D eigenvalue weighted by molar-refractivity contribution is 6.55. The second-order valence-electron chi connectivity index (χ2n) is 11.5. The highest BCUT2D eigenvalue weighted by Gasteiger charge is 2.50. The van der Waals surface area contributed by atoms with Gasteiger partial charge >= 0.3 is 0 Å². The summed E-state index contributed by atoms with van der Waals surface area (Å²) in [6, 6.07) is 12.1. The van der Waals surface area contributed by atoms with E-state index in [4.69, 9.17) is 9.47 Å². The van der Waals surface area contributed by atoms with Crippen LogP contribution in [0.1, 0.15) is 39.9 Å². The number of morpholine rings is 1. The van der Waals surface area contributed by atoms with Crippen molar-refractivity contribution >= 4 is 62.9 Å². The van der Waals surface area contributed by atoms with Crippen LogP contribution in [0.3, 0.4) is 0 Å². The SMILES string of the molecule is BC1OC(B)(B)C(B)(B)N(Cc2ccc(COc3cccc4c3CN(C3CCC(=O)NC3=O)C4=O)cc2)C1=O. The fraction of sp³-hybridized carbons (Fsp3) is 0.360. The lowest BCUT2D eigenvalue weighted by atomic mass is 9.38. The van der Waals surface area contributed by atoms with E-state index in [0.717, 1.165) is 16.7 Å². The van der Waals surface area contributed by atoms with E-state index in [0.29, 0.717) is 30.9 Å². The van der Waals surface area contributed by atoms with Crippen molar-refractivity contribution < 1.29 is 28.7 Å². The van der Waals surface area contributed by atoms with Gasteiger partial charge in [-0.3, -0.25) is 24.5 Å². The van der Waals surface area contributed by atoms with E-state index < -0.39 is 28.7 Å². The van der Waals surface area contributed by atoms with Gasteiger partial charge in [-0.2, -0.15) is 0 Å². The van der Waals surface area contributed by atoms with Gasteiger partial charge in [0.15, 0.2) is 7.85 Å². The molecule has 2 saturated heterocycles. The molecule has 0 bridgehead atoms. The molecule has 0 aliphatic carbocycles. The molecule has 2 aromatic rings. The zero-order valence-corrected chi connectivity index (χ0v) is 23.1. The number of ether oxygens (including phenoxy) is 2. The predicted octanol–water partition coefficient (Wildman–Crippen LogP) is -3.82. The maximum absolute atomic E-state index is 13.0. The number of hydrogen-bond donors (Lipinski definition) is 1. The Hall–Kier alpha value is -3.40. The van der Waals surface area contributed by atoms with Crippen molar-refractivity contribution in [2.24, 2.45) is 0 Å². The first-order chi connectivity index (χ1) is 18.4. The minimum atomic E-state index is -0.667. The minimum absolute atomic E-state index is 0.0226. The van der Waals surface area contributed by atoms with Crippen LogP contribution in [0.2, 0.25) is 0 Å². The normalized spacial score (nSPS) is 23.9. The van der Waals surface area contributed by atoms with Crippen LogP contribution in [-0.4, -0.2) is 95.4 Å². The number of nitrogens with one attached hydrogen (secondary N) is 1. The number of nitrogens with zero attached hydrogens (tertiary/aromatic N) is 2. The van der Waals surface area contributed by atoms with Crippen LogP contribution in [0.25, 0.3) is 0 Å². The number of amides is 4. The van der Waals surface area contributed by atoms with E-state index in [2.05, 4.69) is 5.32 Å². The summed E-state index contributed by atoms with van der Waals surface area (Å²) in [5.41, 5.74) is 3.22. The first-order valence-corrected chi connectivity index (χ1v) is 13.4. The van der Waals surface area contributed by atoms with Gasteiger partial charge in [0.1, 0.15) is 49.8 Å². The van der Waals surface area contributed by atoms with Crippen LogP contribution in [0.15, 0.2) is 42.5 Å². The third kappa shape index (κ3) is 4.90. The van der Waals surface area contributed by atoms with Gasteiger partial charge in [-0.05, 0) is 35.0 Å². The summed E-state index contributed by atoms with van der Waals surface area (Å²) in [5.74, 6) is -0.404. The Morgan fingerprint density at radius 2 is 1.69 bits per heavy atom. The van der Waals surface area contributed by atoms with E-state index in [1.165, 1.54) is 4.90 Å². The molecule has 2 atom stereocenters. The lowest BCUT2D eigenvalue weighted by Gasteiger charge is -2.56. The van der Waals surface area contributed by atoms with Gasteiger partial charge in [0.25, 0.3) is 5.91 Å². The summed E-state index contributed by atoms with van der Waals surface area (Å²) in [7, 11) is 9.89. The smallest absolute Gasteiger partial charge is 0.255 e. The molecule has 1 N–H and O–H groups in total. The van der Waals surface area contributed by atoms with Crippen LogP contribution in [0.5, 0.6) is 5.75 Å². The molecule has 0 radical (unpaired) electrons. The third-order valence-electron chi connectivity index (χ3n) is 8.53. The highest BCUT2D eigenvalue weighted by Crippen LogP contribution is 2.34. The lowest BCUT2D eigenvalue weighted by molar-refractivity contribution is -0.158. The minimum Gasteiger partial charge on any atom is -0.489 e. The molecule has 14 heteroatoms. The number of piperidine rings is 1. The quantitative estimate of drug-likeness (QED) is 0.308. The average Bonchev–Trinajstić information content (AvgIpc) is 3.21. The number of carbonyl (C=O) groups excluding carboxylic acids is 4. The number of carbonyl (C=O) groups is 4. The van der Waals surface area contributed by atoms with Crippen molar-refractivity contribution in [1.82, 2.24) is 15.1 Å². The second kappa shape index (κ2) is 9.97. The van der Waals surface area contributed by atoms with Gasteiger partial charge in [0, 0.05) is 29.5 Å². The largest absolute Gasteiger partial charge is 0.489 e. The third-order valence-corrected chi connectivity index (χ3v) is 8.53. The predicted molar refractivity (Wildman–Crippen MR) is 157 cm³/mol. The van der Waals surface area contributed by atoms with Crippen LogP contribution >= 0.6 is 0 Å². The Bertz CT molecular complexity index is 1350. The van der Waals surface area contributed by atoms with Crippen molar-refractivity contribution in [1.29, 1.82) is 0 Å². The van der Waals surface area contributed by atoms with Gasteiger partial charge in [0.05, 0.1) is 12.5 Å². The standard InChI is InChI=1S/C25H30B5N3O6/c26-20-23(37)33(24(27,28)25(29,30)39-20)10-13-4-6-14(7-5-13)12-38-18-3-1-2-15-16(18)11-32(22(15)36)17-8-9-19(34)31-21(17)35/h1-7,17,20H,8-12,26-30H2,(H,31,34,35). The number of fused-ring (bicyclic) bond motifs is 1. The molecule has 9 nitrogen and oxygen atoms in total. The number of benzene rings is 2. The highest BCUT2D eigenvalue weighted by atomic mass is 16.5. The first kappa shape index (κ1) is 27.2. The fourth-order valence-corrected chi connectivity index (χ4v) is 5.51. The molecular formula is C25H30B5N3O6. The number of rotatable bonds is 6. The molecule has 0 saturated carbocycles. The molecule has 5 rings (SSSR count). The zero-order valence-electron chi connectivity index (χ0n) is 23.1. The molecule has 196 valence electrons. The average molecular weight is 523 g/mol. The molecule has 3 aliphatic rings. The molecule has 3 aliphatic heterocycles. The Kier molecular flexibility index (Phi) is 6.95. The van der Waals surface area contributed by atoms with Crippen LogP contribution in [0, 0.1) is 0 Å². The van der Waals surface area contributed by atoms with E-state index >= 15 is 0 Å². The number of hydrogen-bond acceptors (Lipinski definition) is 6. The van der Waals surface area contributed by atoms with Gasteiger partial charge in [0.2, 0.25) is 17.7 Å². The monoisotopic (exact) mass is 523 g/mol. The molecule has 0 spiro atoms. The molecule has 0 aromatic heterocycles. The van der Waals surface area contributed by atoms with Crippen molar-refractivity contribution in [3.05, 3.63) is 64.7 Å². The van der Waals surface area contributed by atoms with Crippen molar-refractivity contribution in [3.8, 4) is 5.75 Å². The van der Waals surface area contributed by atoms with Gasteiger partial charge in [-0.15, -0.1) is 0 Å². The second-order valence-corrected chi connectivity index (χ2v) is 11.5. The Morgan fingerprint density at radius 1 is 1.00 bits per heavy atom. The molecule has 3 heterocycles. The van der Waals surface area contributed by atoms with Crippen LogP contribution in [0.4, 0.5) is 0 Å². The summed E-state index contributed by atoms with van der Waals surface area (Å²) >= 11 is 0. The lowest BCUT2D eigenvalue weighted by Crippen LogP contribution is -2.75. The van der Waals surface area contributed by atoms with Gasteiger partial charge in [-0.1, -0.05) is 30.3 Å². The first-order valence-electron chi connectivity index (χ1n) is 13.4. The van der Waals surface area contributed by atoms with Crippen molar-refractivity contribution in [2.45, 2.75) is 55.3 Å². The van der Waals surface area contributed by atoms with Crippen molar-refractivity contribution in [3.63, 3.8) is 0 Å². The summed E-state index contributed by atoms with van der Waals surface area (Å²) < 4.78 is 12.1. The summed E-state index contributed by atoms with van der Waals surface area (Å²) in [5, 5.41) is 1.36. The topological polar surface area (TPSA) is 105 Å². The van der Waals surface area contributed by atoms with Crippen LogP contribution in [-0.2, 0) is 38.8 Å². The van der Waals surface area contributed by atoms with E-state index in [1.807, 2.05) is 66.6 Å². The van der Waals surface area contributed by atoms with E-state index in [-0.39, 0.29) is 30.7 Å². The molecule has 4 amide bonds. The Morgan fingerprint density at radius 3 is 2.38 bits per heavy atom. The summed E-state index contributed by atoms with van der Waals surface area (Å²) in [6.07, 6.45) is 0.528. The molecule has 39 heavy (non-hydrogen) atoms. The van der Waals surface area contributed by atoms with Crippen LogP contribution < -0.4 is 10.1 Å². The maximum Gasteiger partial charge on any atom is 0.255 e. The Balaban J connectivity index is 1.25.